The number of anilines is 2. The highest BCUT2D eigenvalue weighted by Crippen LogP contribution is 2.20. The van der Waals surface area contributed by atoms with Gasteiger partial charge in [0.1, 0.15) is 18.0 Å². The van der Waals surface area contributed by atoms with Crippen molar-refractivity contribution in [2.45, 2.75) is 13.3 Å². The summed E-state index contributed by atoms with van der Waals surface area (Å²) in [5.41, 5.74) is 2.29. The molecule has 2 aromatic rings. The Bertz CT molecular complexity index is 797. The maximum absolute atomic E-state index is 12.6. The number of amides is 1. The van der Waals surface area contributed by atoms with Gasteiger partial charge in [-0.05, 0) is 12.5 Å². The van der Waals surface area contributed by atoms with Crippen LogP contribution in [0.1, 0.15) is 11.1 Å². The second kappa shape index (κ2) is 8.56. The molecule has 2 aliphatic rings. The summed E-state index contributed by atoms with van der Waals surface area (Å²) in [7, 11) is 0. The summed E-state index contributed by atoms with van der Waals surface area (Å²) in [6, 6.07) is 10.2. The van der Waals surface area contributed by atoms with E-state index in [1.807, 2.05) is 17.0 Å². The minimum atomic E-state index is 0.195. The fourth-order valence-electron chi connectivity index (χ4n) is 3.65. The SMILES string of the molecule is Cc1ccc(CC(=O)N2CCN(c3cc(N4CCOCC4)ncn3)CC2)cc1. The van der Waals surface area contributed by atoms with E-state index in [4.69, 9.17) is 4.74 Å². The molecule has 0 spiro atoms. The Morgan fingerprint density at radius 2 is 1.54 bits per heavy atom. The highest BCUT2D eigenvalue weighted by Gasteiger charge is 2.23. The van der Waals surface area contributed by atoms with Gasteiger partial charge >= 0.3 is 0 Å². The summed E-state index contributed by atoms with van der Waals surface area (Å²) in [6.07, 6.45) is 2.10. The fraction of sp³-hybridized carbons (Fsp3) is 0.476. The molecule has 1 aromatic heterocycles. The molecule has 1 amide bonds. The van der Waals surface area contributed by atoms with Crippen molar-refractivity contribution >= 4 is 17.5 Å². The second-order valence-corrected chi connectivity index (χ2v) is 7.36. The van der Waals surface area contributed by atoms with Gasteiger partial charge in [0, 0.05) is 45.3 Å². The van der Waals surface area contributed by atoms with Crippen molar-refractivity contribution in [3.8, 4) is 0 Å². The molecule has 2 aliphatic heterocycles. The van der Waals surface area contributed by atoms with E-state index in [0.29, 0.717) is 6.42 Å². The van der Waals surface area contributed by atoms with Gasteiger partial charge in [-0.3, -0.25) is 4.79 Å². The van der Waals surface area contributed by atoms with Crippen molar-refractivity contribution in [2.24, 2.45) is 0 Å². The number of hydrogen-bond acceptors (Lipinski definition) is 6. The van der Waals surface area contributed by atoms with E-state index in [-0.39, 0.29) is 5.91 Å². The quantitative estimate of drug-likeness (QED) is 0.800. The number of aryl methyl sites for hydroxylation is 1. The van der Waals surface area contributed by atoms with Gasteiger partial charge in [0.05, 0.1) is 19.6 Å². The van der Waals surface area contributed by atoms with Crippen LogP contribution in [0.4, 0.5) is 11.6 Å². The Labute approximate surface area is 165 Å². The first kappa shape index (κ1) is 18.7. The number of hydrogen-bond donors (Lipinski definition) is 0. The van der Waals surface area contributed by atoms with Gasteiger partial charge < -0.3 is 19.4 Å². The Morgan fingerprint density at radius 1 is 0.929 bits per heavy atom. The maximum Gasteiger partial charge on any atom is 0.227 e. The van der Waals surface area contributed by atoms with E-state index in [1.165, 1.54) is 5.56 Å². The number of piperazine rings is 1. The Hall–Kier alpha value is -2.67. The highest BCUT2D eigenvalue weighted by atomic mass is 16.5. The van der Waals surface area contributed by atoms with Gasteiger partial charge in [-0.25, -0.2) is 9.97 Å². The molecule has 4 rings (SSSR count). The maximum atomic E-state index is 12.6. The molecule has 148 valence electrons. The number of carbonyl (C=O) groups excluding carboxylic acids is 1. The molecule has 0 saturated carbocycles. The lowest BCUT2D eigenvalue weighted by Gasteiger charge is -2.36. The van der Waals surface area contributed by atoms with Crippen molar-refractivity contribution in [1.82, 2.24) is 14.9 Å². The zero-order chi connectivity index (χ0) is 19.3. The van der Waals surface area contributed by atoms with Gasteiger partial charge in [-0.1, -0.05) is 29.8 Å². The monoisotopic (exact) mass is 381 g/mol. The third-order valence-electron chi connectivity index (χ3n) is 5.41. The van der Waals surface area contributed by atoms with E-state index in [9.17, 15) is 4.79 Å². The number of ether oxygens (including phenoxy) is 1. The summed E-state index contributed by atoms with van der Waals surface area (Å²) < 4.78 is 5.42. The first-order valence-electron chi connectivity index (χ1n) is 9.92. The predicted octanol–water partition coefficient (Wildman–Crippen LogP) is 1.51. The molecule has 0 atom stereocenters. The third kappa shape index (κ3) is 4.42. The molecule has 7 nitrogen and oxygen atoms in total. The minimum Gasteiger partial charge on any atom is -0.378 e. The molecule has 2 fully saturated rings. The minimum absolute atomic E-state index is 0.195. The number of carbonyl (C=O) groups is 1. The molecule has 0 N–H and O–H groups in total. The lowest BCUT2D eigenvalue weighted by atomic mass is 10.1. The van der Waals surface area contributed by atoms with Crippen LogP contribution in [0.5, 0.6) is 0 Å². The first-order valence-corrected chi connectivity index (χ1v) is 9.92. The molecule has 0 radical (unpaired) electrons. The summed E-state index contributed by atoms with van der Waals surface area (Å²) in [6.45, 7) is 8.28. The van der Waals surface area contributed by atoms with Crippen LogP contribution in [-0.2, 0) is 16.0 Å². The number of morpholine rings is 1. The topological polar surface area (TPSA) is 61.8 Å². The van der Waals surface area contributed by atoms with Gasteiger partial charge in [0.25, 0.3) is 0 Å². The average molecular weight is 381 g/mol. The molecular formula is C21H27N5O2. The Kier molecular flexibility index (Phi) is 5.71. The molecule has 0 aliphatic carbocycles. The Balaban J connectivity index is 1.33. The normalized spacial score (nSPS) is 17.7. The summed E-state index contributed by atoms with van der Waals surface area (Å²) in [5.74, 6) is 2.08. The van der Waals surface area contributed by atoms with Crippen LogP contribution in [-0.4, -0.2) is 73.3 Å². The largest absolute Gasteiger partial charge is 0.378 e. The van der Waals surface area contributed by atoms with E-state index in [1.54, 1.807) is 6.33 Å². The summed E-state index contributed by atoms with van der Waals surface area (Å²) >= 11 is 0. The molecular weight excluding hydrogens is 354 g/mol. The number of rotatable bonds is 4. The van der Waals surface area contributed by atoms with Gasteiger partial charge in [0.2, 0.25) is 5.91 Å². The number of aromatic nitrogens is 2. The van der Waals surface area contributed by atoms with E-state index >= 15 is 0 Å². The first-order chi connectivity index (χ1) is 13.7. The van der Waals surface area contributed by atoms with Crippen LogP contribution in [0, 0.1) is 6.92 Å². The van der Waals surface area contributed by atoms with Gasteiger partial charge in [0.15, 0.2) is 0 Å². The Morgan fingerprint density at radius 3 is 2.18 bits per heavy atom. The lowest BCUT2D eigenvalue weighted by Crippen LogP contribution is -2.49. The van der Waals surface area contributed by atoms with Crippen molar-refractivity contribution in [3.05, 3.63) is 47.8 Å². The van der Waals surface area contributed by atoms with Gasteiger partial charge in [-0.15, -0.1) is 0 Å². The molecule has 28 heavy (non-hydrogen) atoms. The molecule has 1 aromatic carbocycles. The van der Waals surface area contributed by atoms with Crippen molar-refractivity contribution in [1.29, 1.82) is 0 Å². The number of nitrogens with zero attached hydrogens (tertiary/aromatic N) is 5. The third-order valence-corrected chi connectivity index (χ3v) is 5.41. The van der Waals surface area contributed by atoms with Crippen LogP contribution in [0.15, 0.2) is 36.7 Å². The van der Waals surface area contributed by atoms with Crippen molar-refractivity contribution in [3.63, 3.8) is 0 Å². The molecule has 2 saturated heterocycles. The zero-order valence-electron chi connectivity index (χ0n) is 16.4. The molecule has 3 heterocycles. The van der Waals surface area contributed by atoms with Crippen molar-refractivity contribution in [2.75, 3.05) is 62.3 Å². The van der Waals surface area contributed by atoms with Crippen LogP contribution in [0.2, 0.25) is 0 Å². The van der Waals surface area contributed by atoms with Crippen LogP contribution >= 0.6 is 0 Å². The number of benzene rings is 1. The predicted molar refractivity (Wildman–Crippen MR) is 109 cm³/mol. The van der Waals surface area contributed by atoms with Gasteiger partial charge in [-0.2, -0.15) is 0 Å². The zero-order valence-corrected chi connectivity index (χ0v) is 16.4. The van der Waals surface area contributed by atoms with E-state index < -0.39 is 0 Å². The summed E-state index contributed by atoms with van der Waals surface area (Å²) in [4.78, 5) is 27.9. The summed E-state index contributed by atoms with van der Waals surface area (Å²) in [5, 5.41) is 0. The van der Waals surface area contributed by atoms with E-state index in [0.717, 1.165) is 69.7 Å². The van der Waals surface area contributed by atoms with E-state index in [2.05, 4.69) is 44.9 Å². The average Bonchev–Trinajstić information content (AvgIpc) is 2.76. The molecule has 0 unspecified atom stereocenters. The highest BCUT2D eigenvalue weighted by molar-refractivity contribution is 5.79. The molecule has 7 heteroatoms. The van der Waals surface area contributed by atoms with Crippen LogP contribution in [0.3, 0.4) is 0 Å². The molecule has 0 bridgehead atoms. The van der Waals surface area contributed by atoms with Crippen LogP contribution in [0.25, 0.3) is 0 Å². The second-order valence-electron chi connectivity index (χ2n) is 7.36. The van der Waals surface area contributed by atoms with Crippen molar-refractivity contribution < 1.29 is 9.53 Å². The standard InChI is InChI=1S/C21H27N5O2/c1-17-2-4-18(5-3-17)14-21(27)26-8-6-24(7-9-26)19-15-20(23-16-22-19)25-10-12-28-13-11-25/h2-5,15-16H,6-14H2,1H3. The lowest BCUT2D eigenvalue weighted by molar-refractivity contribution is -0.130. The fourth-order valence-corrected chi connectivity index (χ4v) is 3.65. The van der Waals surface area contributed by atoms with Crippen LogP contribution < -0.4 is 9.80 Å². The smallest absolute Gasteiger partial charge is 0.227 e.